The number of hydrogen-bond acceptors (Lipinski definition) is 5. The normalized spacial score (nSPS) is 10.7. The SMILES string of the molecule is Cc1ccccc1CCNC(=O)CSc1nnc(-c2ccccc2Cl)n1N. The molecule has 1 heterocycles. The number of nitrogens with zero attached hydrogens (tertiary/aromatic N) is 3. The van der Waals surface area contributed by atoms with E-state index in [0.29, 0.717) is 28.1 Å². The van der Waals surface area contributed by atoms with Crippen molar-refractivity contribution in [2.45, 2.75) is 18.5 Å². The lowest BCUT2D eigenvalue weighted by atomic mass is 10.1. The number of nitrogen functional groups attached to an aromatic ring is 1. The molecular weight excluding hydrogens is 382 g/mol. The average Bonchev–Trinajstić information content (AvgIpc) is 3.02. The van der Waals surface area contributed by atoms with Crippen LogP contribution in [0.4, 0.5) is 0 Å². The summed E-state index contributed by atoms with van der Waals surface area (Å²) in [5, 5.41) is 12.1. The van der Waals surface area contributed by atoms with Crippen LogP contribution >= 0.6 is 23.4 Å². The molecule has 1 aromatic heterocycles. The molecule has 3 rings (SSSR count). The van der Waals surface area contributed by atoms with Gasteiger partial charge in [-0.1, -0.05) is 59.8 Å². The van der Waals surface area contributed by atoms with Crippen LogP contribution in [-0.2, 0) is 11.2 Å². The van der Waals surface area contributed by atoms with Crippen LogP contribution in [0.2, 0.25) is 5.02 Å². The highest BCUT2D eigenvalue weighted by molar-refractivity contribution is 7.99. The summed E-state index contributed by atoms with van der Waals surface area (Å²) in [5.74, 6) is 6.67. The largest absolute Gasteiger partial charge is 0.355 e. The molecule has 0 unspecified atom stereocenters. The fourth-order valence-corrected chi connectivity index (χ4v) is 3.52. The Labute approximate surface area is 167 Å². The molecule has 0 fully saturated rings. The molecular formula is C19H20ClN5OS. The van der Waals surface area contributed by atoms with E-state index in [1.54, 1.807) is 6.07 Å². The van der Waals surface area contributed by atoms with E-state index < -0.39 is 0 Å². The second kappa shape index (κ2) is 8.92. The van der Waals surface area contributed by atoms with Gasteiger partial charge in [-0.15, -0.1) is 10.2 Å². The highest BCUT2D eigenvalue weighted by atomic mass is 35.5. The minimum absolute atomic E-state index is 0.0733. The summed E-state index contributed by atoms with van der Waals surface area (Å²) in [6, 6.07) is 15.4. The standard InChI is InChI=1S/C19H20ClN5OS/c1-13-6-2-3-7-14(13)10-11-22-17(26)12-27-19-24-23-18(25(19)21)15-8-4-5-9-16(15)20/h2-9H,10-12,21H2,1H3,(H,22,26). The Bertz CT molecular complexity index is 943. The maximum Gasteiger partial charge on any atom is 0.230 e. The van der Waals surface area contributed by atoms with E-state index in [1.165, 1.54) is 27.6 Å². The zero-order valence-corrected chi connectivity index (χ0v) is 16.4. The van der Waals surface area contributed by atoms with E-state index in [1.807, 2.05) is 30.3 Å². The third kappa shape index (κ3) is 4.81. The van der Waals surface area contributed by atoms with Gasteiger partial charge in [-0.05, 0) is 36.6 Å². The molecule has 0 radical (unpaired) electrons. The molecule has 0 aliphatic heterocycles. The summed E-state index contributed by atoms with van der Waals surface area (Å²) in [6.45, 7) is 2.65. The average molecular weight is 402 g/mol. The zero-order chi connectivity index (χ0) is 19.2. The summed E-state index contributed by atoms with van der Waals surface area (Å²) in [4.78, 5) is 12.1. The van der Waals surface area contributed by atoms with E-state index in [-0.39, 0.29) is 11.7 Å². The van der Waals surface area contributed by atoms with Crippen LogP contribution < -0.4 is 11.2 Å². The van der Waals surface area contributed by atoms with Gasteiger partial charge in [0.2, 0.25) is 11.1 Å². The Morgan fingerprint density at radius 3 is 2.70 bits per heavy atom. The van der Waals surface area contributed by atoms with Crippen molar-refractivity contribution in [3.63, 3.8) is 0 Å². The summed E-state index contributed by atoms with van der Waals surface area (Å²) in [7, 11) is 0. The van der Waals surface area contributed by atoms with E-state index in [2.05, 4.69) is 34.6 Å². The topological polar surface area (TPSA) is 85.8 Å². The molecule has 6 nitrogen and oxygen atoms in total. The third-order valence-corrected chi connectivity index (χ3v) is 5.36. The molecule has 3 N–H and O–H groups in total. The van der Waals surface area contributed by atoms with Crippen LogP contribution in [-0.4, -0.2) is 33.1 Å². The number of nitrogens with two attached hydrogens (primary N) is 1. The van der Waals surface area contributed by atoms with Crippen LogP contribution in [0.3, 0.4) is 0 Å². The molecule has 3 aromatic rings. The van der Waals surface area contributed by atoms with Crippen molar-refractivity contribution >= 4 is 29.3 Å². The molecule has 0 aliphatic rings. The number of aromatic nitrogens is 3. The van der Waals surface area contributed by atoms with Gasteiger partial charge in [-0.2, -0.15) is 0 Å². The number of carbonyl (C=O) groups is 1. The van der Waals surface area contributed by atoms with Crippen molar-refractivity contribution < 1.29 is 4.79 Å². The molecule has 0 spiro atoms. The van der Waals surface area contributed by atoms with Crippen LogP contribution in [0.15, 0.2) is 53.7 Å². The fourth-order valence-electron chi connectivity index (χ4n) is 2.61. The molecule has 2 aromatic carbocycles. The van der Waals surface area contributed by atoms with Crippen LogP contribution in [0.1, 0.15) is 11.1 Å². The summed E-state index contributed by atoms with van der Waals surface area (Å²) < 4.78 is 1.35. The second-order valence-corrected chi connectivity index (χ2v) is 7.32. The fraction of sp³-hybridized carbons (Fsp3) is 0.211. The summed E-state index contributed by atoms with van der Waals surface area (Å²) in [6.07, 6.45) is 0.798. The number of aryl methyl sites for hydroxylation is 1. The number of rotatable bonds is 7. The van der Waals surface area contributed by atoms with Gasteiger partial charge in [-0.25, -0.2) is 4.68 Å². The first kappa shape index (κ1) is 19.3. The Morgan fingerprint density at radius 1 is 1.19 bits per heavy atom. The predicted octanol–water partition coefficient (Wildman–Crippen LogP) is 3.07. The maximum absolute atomic E-state index is 12.1. The molecule has 0 saturated carbocycles. The molecule has 0 saturated heterocycles. The van der Waals surface area contributed by atoms with Crippen LogP contribution in [0, 0.1) is 6.92 Å². The quantitative estimate of drug-likeness (QED) is 0.469. The number of benzene rings is 2. The Balaban J connectivity index is 1.52. The van der Waals surface area contributed by atoms with Crippen molar-refractivity contribution in [2.24, 2.45) is 0 Å². The van der Waals surface area contributed by atoms with Gasteiger partial charge < -0.3 is 11.2 Å². The zero-order valence-electron chi connectivity index (χ0n) is 14.9. The Hall–Kier alpha value is -2.51. The number of amides is 1. The lowest BCUT2D eigenvalue weighted by Crippen LogP contribution is -2.27. The number of hydrogen-bond donors (Lipinski definition) is 2. The Kier molecular flexibility index (Phi) is 6.36. The van der Waals surface area contributed by atoms with Gasteiger partial charge in [0.25, 0.3) is 0 Å². The van der Waals surface area contributed by atoms with Gasteiger partial charge in [0.1, 0.15) is 0 Å². The molecule has 8 heteroatoms. The van der Waals surface area contributed by atoms with E-state index in [0.717, 1.165) is 6.42 Å². The maximum atomic E-state index is 12.1. The van der Waals surface area contributed by atoms with Gasteiger partial charge >= 0.3 is 0 Å². The van der Waals surface area contributed by atoms with Gasteiger partial charge in [-0.3, -0.25) is 4.79 Å². The highest BCUT2D eigenvalue weighted by Gasteiger charge is 2.15. The van der Waals surface area contributed by atoms with Crippen molar-refractivity contribution in [3.8, 4) is 11.4 Å². The number of nitrogens with one attached hydrogen (secondary N) is 1. The van der Waals surface area contributed by atoms with E-state index in [4.69, 9.17) is 17.4 Å². The van der Waals surface area contributed by atoms with Crippen LogP contribution in [0.25, 0.3) is 11.4 Å². The second-order valence-electron chi connectivity index (χ2n) is 5.97. The lowest BCUT2D eigenvalue weighted by Gasteiger charge is -2.07. The third-order valence-electron chi connectivity index (χ3n) is 4.09. The molecule has 0 aliphatic carbocycles. The summed E-state index contributed by atoms with van der Waals surface area (Å²) >= 11 is 7.41. The monoisotopic (exact) mass is 401 g/mol. The number of carbonyl (C=O) groups excluding carboxylic acids is 1. The minimum atomic E-state index is -0.0733. The van der Waals surface area contributed by atoms with Crippen LogP contribution in [0.5, 0.6) is 0 Å². The smallest absolute Gasteiger partial charge is 0.230 e. The van der Waals surface area contributed by atoms with Crippen molar-refractivity contribution in [3.05, 3.63) is 64.7 Å². The Morgan fingerprint density at radius 2 is 1.93 bits per heavy atom. The first-order chi connectivity index (χ1) is 13.1. The molecule has 0 bridgehead atoms. The molecule has 27 heavy (non-hydrogen) atoms. The van der Waals surface area contributed by atoms with Gasteiger partial charge in [0.15, 0.2) is 5.82 Å². The highest BCUT2D eigenvalue weighted by Crippen LogP contribution is 2.27. The molecule has 1 amide bonds. The number of thioether (sulfide) groups is 1. The number of halogens is 1. The van der Waals surface area contributed by atoms with Crippen molar-refractivity contribution in [1.82, 2.24) is 20.2 Å². The van der Waals surface area contributed by atoms with E-state index >= 15 is 0 Å². The summed E-state index contributed by atoms with van der Waals surface area (Å²) in [5.41, 5.74) is 3.16. The van der Waals surface area contributed by atoms with Crippen molar-refractivity contribution in [2.75, 3.05) is 18.1 Å². The lowest BCUT2D eigenvalue weighted by molar-refractivity contribution is -0.118. The van der Waals surface area contributed by atoms with Crippen molar-refractivity contribution in [1.29, 1.82) is 0 Å². The van der Waals surface area contributed by atoms with E-state index in [9.17, 15) is 4.79 Å². The van der Waals surface area contributed by atoms with Gasteiger partial charge in [0, 0.05) is 12.1 Å². The molecule has 0 atom stereocenters. The minimum Gasteiger partial charge on any atom is -0.355 e. The van der Waals surface area contributed by atoms with Gasteiger partial charge in [0.05, 0.1) is 10.8 Å². The predicted molar refractivity (Wildman–Crippen MR) is 109 cm³/mol. The molecule has 140 valence electrons. The first-order valence-corrected chi connectivity index (χ1v) is 9.82. The first-order valence-electron chi connectivity index (χ1n) is 8.45.